The van der Waals surface area contributed by atoms with E-state index in [-0.39, 0.29) is 16.1 Å². The summed E-state index contributed by atoms with van der Waals surface area (Å²) in [6.07, 6.45) is 0. The third-order valence-electron chi connectivity index (χ3n) is 5.03. The van der Waals surface area contributed by atoms with E-state index >= 15 is 0 Å². The SMILES string of the molecule is Cn1c(-c2ccccc2)c(C#N)c(NS(=O)(=O)c2ccc(N)cc2)c1-c1ccccc1. The van der Waals surface area contributed by atoms with Gasteiger partial charge in [-0.25, -0.2) is 8.42 Å². The lowest BCUT2D eigenvalue weighted by Crippen LogP contribution is -2.14. The Balaban J connectivity index is 1.96. The first kappa shape index (κ1) is 20.3. The quantitative estimate of drug-likeness (QED) is 0.453. The minimum absolute atomic E-state index is 0.0646. The maximum Gasteiger partial charge on any atom is 0.262 e. The Morgan fingerprint density at radius 2 is 1.35 bits per heavy atom. The van der Waals surface area contributed by atoms with Crippen molar-refractivity contribution in [1.82, 2.24) is 4.57 Å². The van der Waals surface area contributed by atoms with Crippen LogP contribution in [0.2, 0.25) is 0 Å². The molecule has 0 saturated carbocycles. The highest BCUT2D eigenvalue weighted by atomic mass is 32.2. The highest BCUT2D eigenvalue weighted by Gasteiger charge is 2.27. The van der Waals surface area contributed by atoms with E-state index in [1.807, 2.05) is 72.3 Å². The first-order chi connectivity index (χ1) is 14.9. The summed E-state index contributed by atoms with van der Waals surface area (Å²) in [6.45, 7) is 0. The topological polar surface area (TPSA) is 101 Å². The van der Waals surface area contributed by atoms with E-state index in [1.54, 1.807) is 0 Å². The fourth-order valence-corrected chi connectivity index (χ4v) is 4.68. The Labute approximate surface area is 181 Å². The lowest BCUT2D eigenvalue weighted by Gasteiger charge is -2.12. The van der Waals surface area contributed by atoms with Gasteiger partial charge in [0.25, 0.3) is 10.0 Å². The molecule has 0 fully saturated rings. The Bertz CT molecular complexity index is 1370. The van der Waals surface area contributed by atoms with Crippen LogP contribution >= 0.6 is 0 Å². The molecule has 6 nitrogen and oxygen atoms in total. The van der Waals surface area contributed by atoms with E-state index in [4.69, 9.17) is 5.73 Å². The number of aromatic nitrogens is 1. The molecule has 0 spiro atoms. The molecule has 1 heterocycles. The second kappa shape index (κ2) is 8.01. The maximum absolute atomic E-state index is 13.2. The lowest BCUT2D eigenvalue weighted by atomic mass is 10.1. The normalized spacial score (nSPS) is 11.1. The molecular weight excluding hydrogens is 408 g/mol. The molecule has 31 heavy (non-hydrogen) atoms. The Morgan fingerprint density at radius 3 is 1.87 bits per heavy atom. The number of nitriles is 1. The molecule has 4 aromatic rings. The van der Waals surface area contributed by atoms with Gasteiger partial charge in [0.15, 0.2) is 0 Å². The van der Waals surface area contributed by atoms with Gasteiger partial charge in [0.2, 0.25) is 0 Å². The molecule has 0 aliphatic rings. The van der Waals surface area contributed by atoms with Gasteiger partial charge < -0.3 is 10.3 Å². The van der Waals surface area contributed by atoms with Gasteiger partial charge in [-0.3, -0.25) is 4.72 Å². The number of sulfonamides is 1. The van der Waals surface area contributed by atoms with Crippen molar-refractivity contribution in [2.45, 2.75) is 4.90 Å². The van der Waals surface area contributed by atoms with Crippen LogP contribution in [0.25, 0.3) is 22.5 Å². The summed E-state index contributed by atoms with van der Waals surface area (Å²) in [7, 11) is -2.12. The summed E-state index contributed by atoms with van der Waals surface area (Å²) in [5, 5.41) is 10.0. The van der Waals surface area contributed by atoms with Crippen LogP contribution in [-0.4, -0.2) is 13.0 Å². The molecule has 7 heteroatoms. The fourth-order valence-electron chi connectivity index (χ4n) is 3.60. The summed E-state index contributed by atoms with van der Waals surface area (Å²) in [5.74, 6) is 0. The Hall–Kier alpha value is -4.02. The molecule has 3 aromatic carbocycles. The summed E-state index contributed by atoms with van der Waals surface area (Å²) in [5.41, 5.74) is 9.51. The van der Waals surface area contributed by atoms with Gasteiger partial charge in [-0.2, -0.15) is 5.26 Å². The lowest BCUT2D eigenvalue weighted by molar-refractivity contribution is 0.601. The van der Waals surface area contributed by atoms with Crippen molar-refractivity contribution in [3.63, 3.8) is 0 Å². The summed E-state index contributed by atoms with van der Waals surface area (Å²) >= 11 is 0. The maximum atomic E-state index is 13.2. The predicted octanol–water partition coefficient (Wildman–Crippen LogP) is 4.61. The van der Waals surface area contributed by atoms with Gasteiger partial charge in [-0.05, 0) is 29.8 Å². The van der Waals surface area contributed by atoms with Crippen molar-refractivity contribution < 1.29 is 8.42 Å². The molecule has 1 aromatic heterocycles. The number of hydrogen-bond donors (Lipinski definition) is 2. The minimum atomic E-state index is -3.95. The van der Waals surface area contributed by atoms with Crippen LogP contribution in [0.3, 0.4) is 0 Å². The number of rotatable bonds is 5. The van der Waals surface area contributed by atoms with Gasteiger partial charge in [-0.1, -0.05) is 60.7 Å². The molecule has 0 saturated heterocycles. The van der Waals surface area contributed by atoms with Crippen LogP contribution in [-0.2, 0) is 17.1 Å². The molecule has 0 aliphatic carbocycles. The predicted molar refractivity (Wildman–Crippen MR) is 123 cm³/mol. The van der Waals surface area contributed by atoms with E-state index in [0.29, 0.717) is 17.1 Å². The molecule has 0 atom stereocenters. The number of nitrogens with two attached hydrogens (primary N) is 1. The minimum Gasteiger partial charge on any atom is -0.399 e. The molecular formula is C24H20N4O2S. The van der Waals surface area contributed by atoms with Gasteiger partial charge in [0.1, 0.15) is 11.6 Å². The van der Waals surface area contributed by atoms with E-state index in [0.717, 1.165) is 11.1 Å². The number of hydrogen-bond acceptors (Lipinski definition) is 4. The van der Waals surface area contributed by atoms with E-state index in [1.165, 1.54) is 24.3 Å². The first-order valence-corrected chi connectivity index (χ1v) is 11.0. The van der Waals surface area contributed by atoms with Crippen LogP contribution in [0.1, 0.15) is 5.56 Å². The van der Waals surface area contributed by atoms with E-state index in [9.17, 15) is 13.7 Å². The number of anilines is 2. The molecule has 0 unspecified atom stereocenters. The van der Waals surface area contributed by atoms with Crippen LogP contribution in [0.15, 0.2) is 89.8 Å². The van der Waals surface area contributed by atoms with Crippen molar-refractivity contribution in [2.24, 2.45) is 7.05 Å². The highest BCUT2D eigenvalue weighted by Crippen LogP contribution is 2.41. The van der Waals surface area contributed by atoms with Crippen molar-refractivity contribution in [2.75, 3.05) is 10.5 Å². The summed E-state index contributed by atoms with van der Waals surface area (Å²) in [6, 6.07) is 27.0. The number of nitrogens with zero attached hydrogens (tertiary/aromatic N) is 2. The van der Waals surface area contributed by atoms with Crippen LogP contribution in [0, 0.1) is 11.3 Å². The smallest absolute Gasteiger partial charge is 0.262 e. The van der Waals surface area contributed by atoms with Crippen LogP contribution < -0.4 is 10.5 Å². The second-order valence-corrected chi connectivity index (χ2v) is 8.71. The summed E-state index contributed by atoms with van der Waals surface area (Å²) < 4.78 is 30.8. The third kappa shape index (κ3) is 3.77. The van der Waals surface area contributed by atoms with Crippen LogP contribution in [0.4, 0.5) is 11.4 Å². The average Bonchev–Trinajstić information content (AvgIpc) is 3.05. The molecule has 154 valence electrons. The standard InChI is InChI=1S/C24H20N4O2S/c1-28-23(17-8-4-2-5-9-17)21(16-25)22(24(28)18-10-6-3-7-11-18)27-31(29,30)20-14-12-19(26)13-15-20/h2-15,27H,26H2,1H3. The third-order valence-corrected chi connectivity index (χ3v) is 6.39. The molecule has 0 aliphatic heterocycles. The molecule has 3 N–H and O–H groups in total. The van der Waals surface area contributed by atoms with Gasteiger partial charge in [0.05, 0.1) is 22.0 Å². The zero-order valence-corrected chi connectivity index (χ0v) is 17.6. The molecule has 0 radical (unpaired) electrons. The number of nitrogen functional groups attached to an aromatic ring is 1. The van der Waals surface area contributed by atoms with Crippen molar-refractivity contribution in [1.29, 1.82) is 5.26 Å². The van der Waals surface area contributed by atoms with E-state index < -0.39 is 10.0 Å². The fraction of sp³-hybridized carbons (Fsp3) is 0.0417. The Kier molecular flexibility index (Phi) is 5.24. The molecule has 0 amide bonds. The zero-order valence-electron chi connectivity index (χ0n) is 16.8. The monoisotopic (exact) mass is 428 g/mol. The van der Waals surface area contributed by atoms with E-state index in [2.05, 4.69) is 10.8 Å². The largest absolute Gasteiger partial charge is 0.399 e. The van der Waals surface area contributed by atoms with Crippen molar-refractivity contribution in [3.05, 3.63) is 90.5 Å². The van der Waals surface area contributed by atoms with Gasteiger partial charge in [-0.15, -0.1) is 0 Å². The van der Waals surface area contributed by atoms with Gasteiger partial charge in [0, 0.05) is 18.3 Å². The number of nitrogens with one attached hydrogen (secondary N) is 1. The average molecular weight is 429 g/mol. The van der Waals surface area contributed by atoms with Crippen LogP contribution in [0.5, 0.6) is 0 Å². The van der Waals surface area contributed by atoms with Gasteiger partial charge >= 0.3 is 0 Å². The Morgan fingerprint density at radius 1 is 0.839 bits per heavy atom. The molecule has 4 rings (SSSR count). The highest BCUT2D eigenvalue weighted by molar-refractivity contribution is 7.92. The second-order valence-electron chi connectivity index (χ2n) is 7.02. The molecule has 0 bridgehead atoms. The van der Waals surface area contributed by atoms with Crippen molar-refractivity contribution in [3.8, 4) is 28.6 Å². The summed E-state index contributed by atoms with van der Waals surface area (Å²) in [4.78, 5) is 0.0646. The van der Waals surface area contributed by atoms with Crippen molar-refractivity contribution >= 4 is 21.4 Å². The first-order valence-electron chi connectivity index (χ1n) is 9.54. The number of benzene rings is 3. The zero-order chi connectivity index (χ0) is 22.0.